The molecule has 0 saturated carbocycles. The standard InChI is InChI=1S/C14H19NO4S/c1-4-19-14(16)13-9-11(3)15(13)20(17,18)12-7-5-10(2)6-8-12/h5-8,11,13H,4,9H2,1-3H3/t11-,13-/m1/s1. The van der Waals surface area contributed by atoms with Crippen LogP contribution in [0.15, 0.2) is 29.2 Å². The molecular weight excluding hydrogens is 278 g/mol. The number of carbonyl (C=O) groups is 1. The van der Waals surface area contributed by atoms with Crippen LogP contribution in [0.5, 0.6) is 0 Å². The summed E-state index contributed by atoms with van der Waals surface area (Å²) in [5.74, 6) is -0.471. The zero-order valence-corrected chi connectivity index (χ0v) is 12.7. The first-order valence-corrected chi connectivity index (χ1v) is 8.08. The lowest BCUT2D eigenvalue weighted by Crippen LogP contribution is -2.60. The van der Waals surface area contributed by atoms with Gasteiger partial charge < -0.3 is 4.74 Å². The molecule has 5 nitrogen and oxygen atoms in total. The fourth-order valence-corrected chi connectivity index (χ4v) is 4.17. The number of esters is 1. The second kappa shape index (κ2) is 5.54. The summed E-state index contributed by atoms with van der Waals surface area (Å²) in [6, 6.07) is 5.75. The van der Waals surface area contributed by atoms with E-state index < -0.39 is 22.0 Å². The molecule has 2 rings (SSSR count). The van der Waals surface area contributed by atoms with Crippen molar-refractivity contribution in [3.05, 3.63) is 29.8 Å². The highest BCUT2D eigenvalue weighted by Gasteiger charge is 2.48. The average Bonchev–Trinajstić information content (AvgIpc) is 2.35. The van der Waals surface area contributed by atoms with Crippen molar-refractivity contribution in [1.82, 2.24) is 4.31 Å². The monoisotopic (exact) mass is 297 g/mol. The van der Waals surface area contributed by atoms with Crippen LogP contribution in [0, 0.1) is 6.92 Å². The highest BCUT2D eigenvalue weighted by Crippen LogP contribution is 2.33. The smallest absolute Gasteiger partial charge is 0.324 e. The van der Waals surface area contributed by atoms with Gasteiger partial charge in [-0.2, -0.15) is 4.31 Å². The Kier molecular flexibility index (Phi) is 4.15. The van der Waals surface area contributed by atoms with Crippen molar-refractivity contribution in [3.8, 4) is 0 Å². The van der Waals surface area contributed by atoms with E-state index in [4.69, 9.17) is 4.74 Å². The maximum absolute atomic E-state index is 12.6. The number of carbonyl (C=O) groups excluding carboxylic acids is 1. The van der Waals surface area contributed by atoms with Crippen molar-refractivity contribution in [2.75, 3.05) is 6.61 Å². The first-order valence-electron chi connectivity index (χ1n) is 6.64. The van der Waals surface area contributed by atoms with Gasteiger partial charge in [0.2, 0.25) is 10.0 Å². The number of aryl methyl sites for hydroxylation is 1. The normalized spacial score (nSPS) is 23.1. The molecule has 1 heterocycles. The van der Waals surface area contributed by atoms with E-state index in [0.717, 1.165) is 5.56 Å². The molecule has 20 heavy (non-hydrogen) atoms. The second-order valence-corrected chi connectivity index (χ2v) is 6.84. The minimum atomic E-state index is -3.65. The van der Waals surface area contributed by atoms with E-state index in [-0.39, 0.29) is 17.5 Å². The Labute approximate surface area is 119 Å². The molecule has 0 amide bonds. The van der Waals surface area contributed by atoms with E-state index >= 15 is 0 Å². The molecule has 1 aliphatic heterocycles. The van der Waals surface area contributed by atoms with Crippen molar-refractivity contribution in [2.45, 2.75) is 44.2 Å². The van der Waals surface area contributed by atoms with Gasteiger partial charge in [0.25, 0.3) is 0 Å². The molecule has 110 valence electrons. The van der Waals surface area contributed by atoms with Crippen molar-refractivity contribution in [1.29, 1.82) is 0 Å². The first kappa shape index (κ1) is 15.0. The van der Waals surface area contributed by atoms with E-state index in [2.05, 4.69) is 0 Å². The molecule has 0 radical (unpaired) electrons. The van der Waals surface area contributed by atoms with Crippen molar-refractivity contribution in [2.24, 2.45) is 0 Å². The fraction of sp³-hybridized carbons (Fsp3) is 0.500. The maximum atomic E-state index is 12.6. The van der Waals surface area contributed by atoms with E-state index in [9.17, 15) is 13.2 Å². The Morgan fingerprint density at radius 3 is 2.45 bits per heavy atom. The van der Waals surface area contributed by atoms with Crippen LogP contribution in [-0.4, -0.2) is 37.4 Å². The summed E-state index contributed by atoms with van der Waals surface area (Å²) in [5, 5.41) is 0. The summed E-state index contributed by atoms with van der Waals surface area (Å²) >= 11 is 0. The summed E-state index contributed by atoms with van der Waals surface area (Å²) in [6.07, 6.45) is 0.504. The summed E-state index contributed by atoms with van der Waals surface area (Å²) in [5.41, 5.74) is 0.988. The van der Waals surface area contributed by atoms with E-state index in [1.807, 2.05) is 6.92 Å². The van der Waals surface area contributed by atoms with Crippen molar-refractivity contribution in [3.63, 3.8) is 0 Å². The van der Waals surface area contributed by atoms with E-state index in [1.165, 1.54) is 4.31 Å². The summed E-state index contributed by atoms with van der Waals surface area (Å²) in [4.78, 5) is 12.0. The first-order chi connectivity index (χ1) is 9.37. The Morgan fingerprint density at radius 1 is 1.35 bits per heavy atom. The molecule has 0 unspecified atom stereocenters. The van der Waals surface area contributed by atoms with Gasteiger partial charge in [-0.3, -0.25) is 4.79 Å². The Balaban J connectivity index is 2.28. The van der Waals surface area contributed by atoms with Crippen molar-refractivity contribution < 1.29 is 17.9 Å². The van der Waals surface area contributed by atoms with Gasteiger partial charge in [-0.25, -0.2) is 8.42 Å². The molecule has 1 aliphatic rings. The highest BCUT2D eigenvalue weighted by molar-refractivity contribution is 7.89. The topological polar surface area (TPSA) is 63.7 Å². The third-order valence-corrected chi connectivity index (χ3v) is 5.50. The van der Waals surface area contributed by atoms with Gasteiger partial charge in [-0.15, -0.1) is 0 Å². The molecular formula is C14H19NO4S. The van der Waals surface area contributed by atoms with Crippen LogP contribution in [0.25, 0.3) is 0 Å². The molecule has 0 aliphatic carbocycles. The van der Waals surface area contributed by atoms with Crippen LogP contribution < -0.4 is 0 Å². The Bertz CT molecular complexity index is 594. The molecule has 0 N–H and O–H groups in total. The van der Waals surface area contributed by atoms with Gasteiger partial charge in [-0.1, -0.05) is 17.7 Å². The predicted octanol–water partition coefficient (Wildman–Crippen LogP) is 1.71. The van der Waals surface area contributed by atoms with E-state index in [0.29, 0.717) is 6.42 Å². The van der Waals surface area contributed by atoms with Gasteiger partial charge in [-0.05, 0) is 39.3 Å². The Morgan fingerprint density at radius 2 is 1.95 bits per heavy atom. The van der Waals surface area contributed by atoms with Crippen LogP contribution in [-0.2, 0) is 19.6 Å². The van der Waals surface area contributed by atoms with E-state index in [1.54, 1.807) is 38.1 Å². The van der Waals surface area contributed by atoms with Crippen LogP contribution in [0.3, 0.4) is 0 Å². The van der Waals surface area contributed by atoms with Gasteiger partial charge >= 0.3 is 5.97 Å². The van der Waals surface area contributed by atoms with Crippen LogP contribution in [0.2, 0.25) is 0 Å². The SMILES string of the molecule is CCOC(=O)[C@H]1C[C@@H](C)N1S(=O)(=O)c1ccc(C)cc1. The number of nitrogens with zero attached hydrogens (tertiary/aromatic N) is 1. The second-order valence-electron chi connectivity index (χ2n) is 5.00. The Hall–Kier alpha value is -1.40. The van der Waals surface area contributed by atoms with Gasteiger partial charge in [0.05, 0.1) is 11.5 Å². The van der Waals surface area contributed by atoms with Gasteiger partial charge in [0.1, 0.15) is 6.04 Å². The third-order valence-electron chi connectivity index (χ3n) is 3.46. The molecule has 0 aromatic heterocycles. The summed E-state index contributed by atoms with van der Waals surface area (Å²) < 4.78 is 31.3. The molecule has 1 aromatic carbocycles. The molecule has 1 saturated heterocycles. The minimum Gasteiger partial charge on any atom is -0.465 e. The zero-order valence-electron chi connectivity index (χ0n) is 11.9. The van der Waals surface area contributed by atoms with Crippen LogP contribution in [0.1, 0.15) is 25.8 Å². The molecule has 0 bridgehead atoms. The molecule has 6 heteroatoms. The van der Waals surface area contributed by atoms with Crippen LogP contribution >= 0.6 is 0 Å². The van der Waals surface area contributed by atoms with Crippen molar-refractivity contribution >= 4 is 16.0 Å². The van der Waals surface area contributed by atoms with Gasteiger partial charge in [0.15, 0.2) is 0 Å². The largest absolute Gasteiger partial charge is 0.465 e. The quantitative estimate of drug-likeness (QED) is 0.794. The lowest BCUT2D eigenvalue weighted by atomic mass is 9.99. The summed E-state index contributed by atoms with van der Waals surface area (Å²) in [6.45, 7) is 5.65. The number of ether oxygens (including phenoxy) is 1. The maximum Gasteiger partial charge on any atom is 0.324 e. The number of sulfonamides is 1. The van der Waals surface area contributed by atoms with Gasteiger partial charge in [0, 0.05) is 6.04 Å². The predicted molar refractivity (Wildman–Crippen MR) is 74.7 cm³/mol. The highest BCUT2D eigenvalue weighted by atomic mass is 32.2. The molecule has 0 spiro atoms. The third kappa shape index (κ3) is 2.58. The average molecular weight is 297 g/mol. The molecule has 1 aromatic rings. The summed E-state index contributed by atoms with van der Waals surface area (Å²) in [7, 11) is -3.65. The molecule has 2 atom stereocenters. The lowest BCUT2D eigenvalue weighted by molar-refractivity contribution is -0.153. The molecule has 1 fully saturated rings. The number of benzene rings is 1. The number of rotatable bonds is 4. The minimum absolute atomic E-state index is 0.185. The van der Waals surface area contributed by atoms with Crippen LogP contribution in [0.4, 0.5) is 0 Å². The lowest BCUT2D eigenvalue weighted by Gasteiger charge is -2.43. The fourth-order valence-electron chi connectivity index (χ4n) is 2.38. The number of hydrogen-bond donors (Lipinski definition) is 0. The number of hydrogen-bond acceptors (Lipinski definition) is 4. The zero-order chi connectivity index (χ0) is 14.9.